The molecule has 0 amide bonds. The number of para-hydroxylation sites is 1. The van der Waals surface area contributed by atoms with Crippen molar-refractivity contribution < 1.29 is 0 Å². The summed E-state index contributed by atoms with van der Waals surface area (Å²) in [6.07, 6.45) is 0. The highest BCUT2D eigenvalue weighted by atomic mass is 15.0. The van der Waals surface area contributed by atoms with E-state index in [0.29, 0.717) is 0 Å². The molecule has 1 heterocycles. The van der Waals surface area contributed by atoms with Gasteiger partial charge in [0.05, 0.1) is 11.0 Å². The number of hydrogen-bond donors (Lipinski definition) is 0. The zero-order valence-corrected chi connectivity index (χ0v) is 28.0. The molecule has 0 radical (unpaired) electrons. The maximum atomic E-state index is 2.48. The highest BCUT2D eigenvalue weighted by Crippen LogP contribution is 2.52. The Hall–Kier alpha value is -6.44. The van der Waals surface area contributed by atoms with E-state index in [4.69, 9.17) is 0 Å². The molecule has 1 heteroatoms. The van der Waals surface area contributed by atoms with Crippen LogP contribution in [0.3, 0.4) is 0 Å². The average molecular weight is 648 g/mol. The normalized spacial score (nSPS) is 15.5. The van der Waals surface area contributed by atoms with Gasteiger partial charge in [0.2, 0.25) is 0 Å². The molecule has 11 rings (SSSR count). The van der Waals surface area contributed by atoms with Crippen LogP contribution in [0, 0.1) is 0 Å². The van der Waals surface area contributed by atoms with E-state index >= 15 is 0 Å². The van der Waals surface area contributed by atoms with Gasteiger partial charge in [-0.1, -0.05) is 146 Å². The van der Waals surface area contributed by atoms with E-state index < -0.39 is 0 Å². The fourth-order valence-corrected chi connectivity index (χ4v) is 9.14. The molecular weight excluding hydrogens is 615 g/mol. The average Bonchev–Trinajstić information content (AvgIpc) is 3.82. The zero-order chi connectivity index (χ0) is 33.5. The smallest absolute Gasteiger partial charge is 0.0544 e. The van der Waals surface area contributed by atoms with Crippen LogP contribution in [-0.4, -0.2) is 4.57 Å². The van der Waals surface area contributed by atoms with Crippen molar-refractivity contribution in [3.8, 4) is 39.1 Å². The molecule has 0 N–H and O–H groups in total. The van der Waals surface area contributed by atoms with Crippen LogP contribution in [0.5, 0.6) is 0 Å². The van der Waals surface area contributed by atoms with Crippen molar-refractivity contribution in [2.75, 3.05) is 0 Å². The molecule has 0 saturated heterocycles. The van der Waals surface area contributed by atoms with Crippen molar-refractivity contribution in [1.29, 1.82) is 0 Å². The number of hydrogen-bond acceptors (Lipinski definition) is 0. The molecule has 0 bridgehead atoms. The molecule has 2 aliphatic carbocycles. The van der Waals surface area contributed by atoms with E-state index in [0.717, 1.165) is 0 Å². The Morgan fingerprint density at radius 1 is 0.314 bits per heavy atom. The van der Waals surface area contributed by atoms with Crippen LogP contribution >= 0.6 is 0 Å². The van der Waals surface area contributed by atoms with Crippen LogP contribution < -0.4 is 0 Å². The second-order valence-corrected chi connectivity index (χ2v) is 14.0. The van der Waals surface area contributed by atoms with E-state index in [9.17, 15) is 0 Å². The number of benzene rings is 8. The van der Waals surface area contributed by atoms with Crippen molar-refractivity contribution in [2.45, 2.75) is 11.8 Å². The van der Waals surface area contributed by atoms with Gasteiger partial charge < -0.3 is 4.57 Å². The van der Waals surface area contributed by atoms with Crippen LogP contribution in [0.1, 0.15) is 45.2 Å². The molecule has 9 aromatic rings. The van der Waals surface area contributed by atoms with Gasteiger partial charge in [0.25, 0.3) is 0 Å². The van der Waals surface area contributed by atoms with Gasteiger partial charge in [-0.25, -0.2) is 0 Å². The van der Waals surface area contributed by atoms with Gasteiger partial charge in [-0.15, -0.1) is 0 Å². The minimum atomic E-state index is 0.202. The van der Waals surface area contributed by atoms with E-state index in [-0.39, 0.29) is 11.8 Å². The van der Waals surface area contributed by atoms with Crippen molar-refractivity contribution in [2.24, 2.45) is 0 Å². The van der Waals surface area contributed by atoms with Gasteiger partial charge >= 0.3 is 0 Å². The summed E-state index contributed by atoms with van der Waals surface area (Å²) in [5.74, 6) is 0.455. The second-order valence-electron chi connectivity index (χ2n) is 14.0. The standard InChI is InChI=1S/C50H33N/c1-4-14-32(15-5-1)49-39-22-12-10-20-37(39)42-28-34(24-26-41(42)49)35-25-27-47-44(29-35)45-30-43-38-21-11-13-23-40(38)50(33-16-6-2-7-17-33)46(43)31-48(45)51(47)36-18-8-3-9-19-36/h1-31,49-50H. The molecule has 8 aromatic carbocycles. The number of nitrogens with zero attached hydrogens (tertiary/aromatic N) is 1. The van der Waals surface area contributed by atoms with Crippen molar-refractivity contribution in [1.82, 2.24) is 4.57 Å². The summed E-state index contributed by atoms with van der Waals surface area (Å²) < 4.78 is 2.46. The summed E-state index contributed by atoms with van der Waals surface area (Å²) in [6.45, 7) is 0. The molecule has 238 valence electrons. The Morgan fingerprint density at radius 2 is 0.804 bits per heavy atom. The van der Waals surface area contributed by atoms with E-state index in [2.05, 4.69) is 193 Å². The van der Waals surface area contributed by atoms with E-state index in [1.54, 1.807) is 0 Å². The molecule has 2 unspecified atom stereocenters. The third kappa shape index (κ3) is 4.22. The van der Waals surface area contributed by atoms with Crippen LogP contribution in [0.4, 0.5) is 0 Å². The Morgan fingerprint density at radius 3 is 1.47 bits per heavy atom. The van der Waals surface area contributed by atoms with Gasteiger partial charge in [-0.2, -0.15) is 0 Å². The molecule has 0 aliphatic heterocycles. The SMILES string of the molecule is c1ccc(C2c3ccccc3-c3cc(-c4ccc5c(c4)c4cc6c(cc4n5-c4ccccc4)C(c4ccccc4)c4ccccc4-6)ccc32)cc1. The molecule has 51 heavy (non-hydrogen) atoms. The molecule has 0 fully saturated rings. The second kappa shape index (κ2) is 11.0. The van der Waals surface area contributed by atoms with Crippen LogP contribution in [-0.2, 0) is 0 Å². The lowest BCUT2D eigenvalue weighted by Crippen LogP contribution is -2.00. The highest BCUT2D eigenvalue weighted by Gasteiger charge is 2.32. The fraction of sp³-hybridized carbons (Fsp3) is 0.0400. The van der Waals surface area contributed by atoms with Gasteiger partial charge in [0, 0.05) is 28.3 Å². The quantitative estimate of drug-likeness (QED) is 0.179. The van der Waals surface area contributed by atoms with E-state index in [1.165, 1.54) is 94.3 Å². The molecule has 0 spiro atoms. The molecule has 1 nitrogen and oxygen atoms in total. The summed E-state index contributed by atoms with van der Waals surface area (Å²) in [5.41, 5.74) is 19.7. The monoisotopic (exact) mass is 647 g/mol. The Bertz CT molecular complexity index is 2790. The first-order valence-corrected chi connectivity index (χ1v) is 17.9. The molecule has 2 aliphatic rings. The first-order chi connectivity index (χ1) is 25.3. The van der Waals surface area contributed by atoms with Crippen molar-refractivity contribution in [3.05, 3.63) is 221 Å². The van der Waals surface area contributed by atoms with Gasteiger partial charge in [0.1, 0.15) is 0 Å². The third-order valence-electron chi connectivity index (χ3n) is 11.3. The topological polar surface area (TPSA) is 4.93 Å². The zero-order valence-electron chi connectivity index (χ0n) is 28.0. The number of aromatic nitrogens is 1. The maximum absolute atomic E-state index is 2.48. The lowest BCUT2D eigenvalue weighted by atomic mass is 9.88. The minimum Gasteiger partial charge on any atom is -0.309 e. The first-order valence-electron chi connectivity index (χ1n) is 17.9. The largest absolute Gasteiger partial charge is 0.309 e. The maximum Gasteiger partial charge on any atom is 0.0544 e. The van der Waals surface area contributed by atoms with Crippen molar-refractivity contribution >= 4 is 21.8 Å². The van der Waals surface area contributed by atoms with Crippen molar-refractivity contribution in [3.63, 3.8) is 0 Å². The van der Waals surface area contributed by atoms with Gasteiger partial charge in [-0.05, 0) is 109 Å². The molecule has 2 atom stereocenters. The molecule has 1 aromatic heterocycles. The van der Waals surface area contributed by atoms with E-state index in [1.807, 2.05) is 0 Å². The first kappa shape index (κ1) is 28.4. The fourth-order valence-electron chi connectivity index (χ4n) is 9.14. The Kier molecular flexibility index (Phi) is 6.15. The molecular formula is C50H33N. The third-order valence-corrected chi connectivity index (χ3v) is 11.3. The predicted molar refractivity (Wildman–Crippen MR) is 212 cm³/mol. The summed E-state index contributed by atoms with van der Waals surface area (Å²) in [4.78, 5) is 0. The Balaban J connectivity index is 1.13. The summed E-state index contributed by atoms with van der Waals surface area (Å²) in [5, 5.41) is 2.56. The number of fused-ring (bicyclic) bond motifs is 9. The van der Waals surface area contributed by atoms with Crippen LogP contribution in [0.25, 0.3) is 60.9 Å². The summed E-state index contributed by atoms with van der Waals surface area (Å²) >= 11 is 0. The predicted octanol–water partition coefficient (Wildman–Crippen LogP) is 12.8. The van der Waals surface area contributed by atoms with Gasteiger partial charge in [-0.3, -0.25) is 0 Å². The van der Waals surface area contributed by atoms with Crippen LogP contribution in [0.2, 0.25) is 0 Å². The lowest BCUT2D eigenvalue weighted by Gasteiger charge is -2.15. The van der Waals surface area contributed by atoms with Gasteiger partial charge in [0.15, 0.2) is 0 Å². The van der Waals surface area contributed by atoms with Crippen LogP contribution in [0.15, 0.2) is 188 Å². The summed E-state index contributed by atoms with van der Waals surface area (Å²) in [6, 6.07) is 69.8. The number of rotatable bonds is 4. The Labute approximate surface area is 297 Å². The highest BCUT2D eigenvalue weighted by molar-refractivity contribution is 6.12. The molecule has 0 saturated carbocycles. The minimum absolute atomic E-state index is 0.202. The lowest BCUT2D eigenvalue weighted by molar-refractivity contribution is 1.01. The summed E-state index contributed by atoms with van der Waals surface area (Å²) in [7, 11) is 0.